The first-order chi connectivity index (χ1) is 9.56. The third-order valence-electron chi connectivity index (χ3n) is 4.01. The molecule has 0 spiro atoms. The summed E-state index contributed by atoms with van der Waals surface area (Å²) in [5.41, 5.74) is 1.39. The molecular formula is C17H25ClN2. The number of benzene rings is 1. The van der Waals surface area contributed by atoms with Crippen molar-refractivity contribution < 1.29 is 0 Å². The zero-order valence-electron chi connectivity index (χ0n) is 12.5. The Balaban J connectivity index is 1.99. The quantitative estimate of drug-likeness (QED) is 0.896. The summed E-state index contributed by atoms with van der Waals surface area (Å²) in [6.45, 7) is 11.2. The Morgan fingerprint density at radius 2 is 2.10 bits per heavy atom. The zero-order chi connectivity index (χ0) is 14.5. The minimum Gasteiger partial charge on any atom is -0.311 e. The molecule has 1 aromatic carbocycles. The predicted octanol–water partition coefficient (Wildman–Crippen LogP) is 3.28. The molecule has 20 heavy (non-hydrogen) atoms. The number of rotatable bonds is 5. The van der Waals surface area contributed by atoms with Gasteiger partial charge in [-0.1, -0.05) is 62.4 Å². The lowest BCUT2D eigenvalue weighted by Gasteiger charge is -2.42. The summed E-state index contributed by atoms with van der Waals surface area (Å²) in [6, 6.07) is 11.7. The van der Waals surface area contributed by atoms with Gasteiger partial charge in [-0.3, -0.25) is 4.90 Å². The second-order valence-electron chi connectivity index (χ2n) is 6.05. The standard InChI is InChI=1S/C17H25ClN2/c1-13(2)17-10-19-16(12-20(17)11-14(3)18)9-15-7-5-4-6-8-15/h4-8,13,16-17,19H,3,9-12H2,1-2H3. The van der Waals surface area contributed by atoms with Gasteiger partial charge < -0.3 is 5.32 Å². The molecule has 3 heteroatoms. The maximum absolute atomic E-state index is 6.03. The van der Waals surface area contributed by atoms with Crippen LogP contribution in [0.5, 0.6) is 0 Å². The van der Waals surface area contributed by atoms with Crippen LogP contribution < -0.4 is 5.32 Å². The summed E-state index contributed by atoms with van der Waals surface area (Å²) in [4.78, 5) is 2.48. The molecule has 2 nitrogen and oxygen atoms in total. The van der Waals surface area contributed by atoms with Crippen LogP contribution in [0.1, 0.15) is 19.4 Å². The van der Waals surface area contributed by atoms with Gasteiger partial charge in [0.2, 0.25) is 0 Å². The number of hydrogen-bond acceptors (Lipinski definition) is 2. The van der Waals surface area contributed by atoms with Gasteiger partial charge >= 0.3 is 0 Å². The molecule has 1 N–H and O–H groups in total. The van der Waals surface area contributed by atoms with E-state index in [1.54, 1.807) is 0 Å². The Bertz CT molecular complexity index is 430. The lowest BCUT2D eigenvalue weighted by Crippen LogP contribution is -2.58. The van der Waals surface area contributed by atoms with Gasteiger partial charge in [-0.25, -0.2) is 0 Å². The molecule has 0 aromatic heterocycles. The molecule has 1 saturated heterocycles. The van der Waals surface area contributed by atoms with Crippen molar-refractivity contribution in [2.75, 3.05) is 19.6 Å². The van der Waals surface area contributed by atoms with E-state index in [0.717, 1.165) is 31.1 Å². The fraction of sp³-hybridized carbons (Fsp3) is 0.529. The topological polar surface area (TPSA) is 15.3 Å². The predicted molar refractivity (Wildman–Crippen MR) is 87.1 cm³/mol. The normalized spacial score (nSPS) is 24.0. The van der Waals surface area contributed by atoms with Gasteiger partial charge in [-0.2, -0.15) is 0 Å². The molecule has 2 atom stereocenters. The molecule has 0 saturated carbocycles. The van der Waals surface area contributed by atoms with Gasteiger partial charge in [0.05, 0.1) is 0 Å². The Kier molecular flexibility index (Phi) is 5.64. The van der Waals surface area contributed by atoms with Crippen molar-refractivity contribution in [1.82, 2.24) is 10.2 Å². The summed E-state index contributed by atoms with van der Waals surface area (Å²) in [5, 5.41) is 4.42. The van der Waals surface area contributed by atoms with Crippen molar-refractivity contribution in [2.45, 2.75) is 32.4 Å². The van der Waals surface area contributed by atoms with E-state index in [1.165, 1.54) is 5.56 Å². The van der Waals surface area contributed by atoms with E-state index >= 15 is 0 Å². The molecular weight excluding hydrogens is 268 g/mol. The summed E-state index contributed by atoms with van der Waals surface area (Å²) in [6.07, 6.45) is 1.07. The van der Waals surface area contributed by atoms with Crippen molar-refractivity contribution >= 4 is 11.6 Å². The van der Waals surface area contributed by atoms with Gasteiger partial charge in [-0.05, 0) is 17.9 Å². The van der Waals surface area contributed by atoms with Crippen LogP contribution in [-0.2, 0) is 6.42 Å². The third-order valence-corrected chi connectivity index (χ3v) is 4.13. The highest BCUT2D eigenvalue weighted by molar-refractivity contribution is 6.29. The van der Waals surface area contributed by atoms with Gasteiger partial charge in [0.15, 0.2) is 0 Å². The van der Waals surface area contributed by atoms with E-state index in [-0.39, 0.29) is 0 Å². The second kappa shape index (κ2) is 7.26. The first kappa shape index (κ1) is 15.6. The molecule has 1 heterocycles. The highest BCUT2D eigenvalue weighted by Crippen LogP contribution is 2.19. The van der Waals surface area contributed by atoms with Crippen LogP contribution in [0.4, 0.5) is 0 Å². The Hall–Kier alpha value is -0.830. The van der Waals surface area contributed by atoms with Crippen LogP contribution in [0.15, 0.2) is 41.9 Å². The van der Waals surface area contributed by atoms with E-state index in [2.05, 4.69) is 61.0 Å². The van der Waals surface area contributed by atoms with E-state index < -0.39 is 0 Å². The van der Waals surface area contributed by atoms with Gasteiger partial charge in [0.1, 0.15) is 0 Å². The molecule has 0 aliphatic carbocycles. The number of nitrogens with one attached hydrogen (secondary N) is 1. The summed E-state index contributed by atoms with van der Waals surface area (Å²) >= 11 is 6.03. The van der Waals surface area contributed by atoms with Crippen LogP contribution in [0.25, 0.3) is 0 Å². The molecule has 1 aromatic rings. The number of halogens is 1. The Morgan fingerprint density at radius 1 is 1.40 bits per heavy atom. The first-order valence-electron chi connectivity index (χ1n) is 7.41. The molecule has 1 aliphatic rings. The molecule has 2 unspecified atom stereocenters. The largest absolute Gasteiger partial charge is 0.311 e. The minimum atomic E-state index is 0.489. The maximum Gasteiger partial charge on any atom is 0.0339 e. The molecule has 0 bridgehead atoms. The lowest BCUT2D eigenvalue weighted by atomic mass is 9.96. The van der Waals surface area contributed by atoms with Crippen molar-refractivity contribution in [2.24, 2.45) is 5.92 Å². The average molecular weight is 293 g/mol. The van der Waals surface area contributed by atoms with Crippen molar-refractivity contribution in [1.29, 1.82) is 0 Å². The Labute approximate surface area is 127 Å². The van der Waals surface area contributed by atoms with E-state index in [4.69, 9.17) is 11.6 Å². The molecule has 0 radical (unpaired) electrons. The van der Waals surface area contributed by atoms with E-state index in [1.807, 2.05) is 0 Å². The second-order valence-corrected chi connectivity index (χ2v) is 6.59. The SMILES string of the molecule is C=C(Cl)CN1CC(Cc2ccccc2)NCC1C(C)C. The van der Waals surface area contributed by atoms with Crippen molar-refractivity contribution in [3.8, 4) is 0 Å². The highest BCUT2D eigenvalue weighted by atomic mass is 35.5. The zero-order valence-corrected chi connectivity index (χ0v) is 13.2. The lowest BCUT2D eigenvalue weighted by molar-refractivity contribution is 0.110. The Morgan fingerprint density at radius 3 is 2.70 bits per heavy atom. The van der Waals surface area contributed by atoms with Gasteiger partial charge in [0, 0.05) is 36.8 Å². The fourth-order valence-corrected chi connectivity index (χ4v) is 3.15. The monoisotopic (exact) mass is 292 g/mol. The minimum absolute atomic E-state index is 0.489. The van der Waals surface area contributed by atoms with Crippen LogP contribution in [-0.4, -0.2) is 36.6 Å². The van der Waals surface area contributed by atoms with Gasteiger partial charge in [0.25, 0.3) is 0 Å². The number of hydrogen-bond donors (Lipinski definition) is 1. The molecule has 0 amide bonds. The molecule has 1 fully saturated rings. The molecule has 1 aliphatic heterocycles. The summed E-state index contributed by atoms with van der Waals surface area (Å²) in [7, 11) is 0. The summed E-state index contributed by atoms with van der Waals surface area (Å²) in [5.74, 6) is 0.621. The average Bonchev–Trinajstić information content (AvgIpc) is 2.39. The van der Waals surface area contributed by atoms with Crippen molar-refractivity contribution in [3.63, 3.8) is 0 Å². The van der Waals surface area contributed by atoms with Gasteiger partial charge in [-0.15, -0.1) is 0 Å². The van der Waals surface area contributed by atoms with E-state index in [0.29, 0.717) is 18.0 Å². The molecule has 2 rings (SSSR count). The van der Waals surface area contributed by atoms with Crippen LogP contribution >= 0.6 is 11.6 Å². The fourth-order valence-electron chi connectivity index (χ4n) is 2.99. The van der Waals surface area contributed by atoms with Crippen molar-refractivity contribution in [3.05, 3.63) is 47.5 Å². The van der Waals surface area contributed by atoms with Crippen LogP contribution in [0.2, 0.25) is 0 Å². The summed E-state index contributed by atoms with van der Waals surface area (Å²) < 4.78 is 0. The highest BCUT2D eigenvalue weighted by Gasteiger charge is 2.29. The molecule has 110 valence electrons. The van der Waals surface area contributed by atoms with Crippen LogP contribution in [0, 0.1) is 5.92 Å². The van der Waals surface area contributed by atoms with E-state index in [9.17, 15) is 0 Å². The number of piperazine rings is 1. The van der Waals surface area contributed by atoms with Crippen LogP contribution in [0.3, 0.4) is 0 Å². The maximum atomic E-state index is 6.03. The first-order valence-corrected chi connectivity index (χ1v) is 7.78. The number of nitrogens with zero attached hydrogens (tertiary/aromatic N) is 1. The third kappa shape index (κ3) is 4.34. The smallest absolute Gasteiger partial charge is 0.0339 e.